The maximum Gasteiger partial charge on any atom is 0.410 e. The Morgan fingerprint density at radius 3 is 2.46 bits per heavy atom. The van der Waals surface area contributed by atoms with Crippen LogP contribution < -0.4 is 0 Å². The van der Waals surface area contributed by atoms with Gasteiger partial charge in [-0.25, -0.2) is 9.48 Å². The number of hydrogen-bond acceptors (Lipinski definition) is 6. The van der Waals surface area contributed by atoms with Crippen molar-refractivity contribution in [3.05, 3.63) is 5.82 Å². The summed E-state index contributed by atoms with van der Waals surface area (Å²) in [6.45, 7) is 8.29. The Bertz CT molecular complexity index is 573. The van der Waals surface area contributed by atoms with Gasteiger partial charge < -0.3 is 9.64 Å². The minimum Gasteiger partial charge on any atom is -0.444 e. The van der Waals surface area contributed by atoms with Crippen LogP contribution in [0.3, 0.4) is 0 Å². The molecule has 0 N–H and O–H groups in total. The molecule has 3 rings (SSSR count). The molecule has 2 aliphatic heterocycles. The maximum absolute atomic E-state index is 12.2. The quantitative estimate of drug-likeness (QED) is 0.819. The molecule has 2 aliphatic rings. The van der Waals surface area contributed by atoms with E-state index in [0.717, 1.165) is 44.7 Å². The highest BCUT2D eigenvalue weighted by molar-refractivity contribution is 5.68. The van der Waals surface area contributed by atoms with E-state index < -0.39 is 5.60 Å². The Morgan fingerprint density at radius 2 is 1.88 bits per heavy atom. The number of hydrogen-bond donors (Lipinski definition) is 0. The lowest BCUT2D eigenvalue weighted by Crippen LogP contribution is -2.48. The van der Waals surface area contributed by atoms with Gasteiger partial charge in [-0.3, -0.25) is 4.90 Å². The number of ether oxygens (including phenoxy) is 1. The van der Waals surface area contributed by atoms with Crippen LogP contribution in [0.25, 0.3) is 0 Å². The Labute approximate surface area is 143 Å². The van der Waals surface area contributed by atoms with Crippen LogP contribution in [0.1, 0.15) is 58.3 Å². The number of tetrazole rings is 1. The van der Waals surface area contributed by atoms with Gasteiger partial charge in [0.2, 0.25) is 0 Å². The van der Waals surface area contributed by atoms with E-state index in [1.807, 2.05) is 32.7 Å². The summed E-state index contributed by atoms with van der Waals surface area (Å²) >= 11 is 0. The van der Waals surface area contributed by atoms with Crippen molar-refractivity contribution in [2.45, 2.75) is 64.1 Å². The number of likely N-dealkylation sites (tertiary alicyclic amines) is 2. The molecule has 2 saturated heterocycles. The molecule has 0 spiro atoms. The van der Waals surface area contributed by atoms with Crippen LogP contribution in [0.5, 0.6) is 0 Å². The SMILES string of the molecule is Cn1nnnc1C1CCCN1C1CCN(C(=O)OC(C)(C)C)CC1. The fourth-order valence-electron chi connectivity index (χ4n) is 3.73. The molecule has 8 nitrogen and oxygen atoms in total. The highest BCUT2D eigenvalue weighted by atomic mass is 16.6. The molecule has 2 fully saturated rings. The third-order valence-corrected chi connectivity index (χ3v) is 4.83. The Kier molecular flexibility index (Phi) is 4.76. The fourth-order valence-corrected chi connectivity index (χ4v) is 3.73. The van der Waals surface area contributed by atoms with E-state index in [2.05, 4.69) is 20.4 Å². The molecule has 24 heavy (non-hydrogen) atoms. The van der Waals surface area contributed by atoms with Crippen molar-refractivity contribution in [1.82, 2.24) is 30.0 Å². The summed E-state index contributed by atoms with van der Waals surface area (Å²) in [7, 11) is 1.90. The van der Waals surface area contributed by atoms with E-state index in [-0.39, 0.29) is 6.09 Å². The molecule has 134 valence electrons. The predicted octanol–water partition coefficient (Wildman–Crippen LogP) is 1.75. The van der Waals surface area contributed by atoms with E-state index >= 15 is 0 Å². The summed E-state index contributed by atoms with van der Waals surface area (Å²) in [6.07, 6.45) is 4.02. The zero-order valence-corrected chi connectivity index (χ0v) is 15.1. The first-order chi connectivity index (χ1) is 11.3. The van der Waals surface area contributed by atoms with E-state index in [9.17, 15) is 4.79 Å². The van der Waals surface area contributed by atoms with Gasteiger partial charge >= 0.3 is 6.09 Å². The topological polar surface area (TPSA) is 76.4 Å². The van der Waals surface area contributed by atoms with Crippen molar-refractivity contribution in [2.24, 2.45) is 7.05 Å². The third-order valence-electron chi connectivity index (χ3n) is 4.83. The van der Waals surface area contributed by atoms with Gasteiger partial charge in [0.25, 0.3) is 0 Å². The van der Waals surface area contributed by atoms with Crippen molar-refractivity contribution >= 4 is 6.09 Å². The maximum atomic E-state index is 12.2. The van der Waals surface area contributed by atoms with E-state index in [1.54, 1.807) is 4.68 Å². The molecular weight excluding hydrogens is 308 g/mol. The number of amides is 1. The summed E-state index contributed by atoms with van der Waals surface area (Å²) in [6, 6.07) is 0.774. The summed E-state index contributed by atoms with van der Waals surface area (Å²) in [5, 5.41) is 12.0. The second kappa shape index (κ2) is 6.66. The van der Waals surface area contributed by atoms with Crippen molar-refractivity contribution in [3.8, 4) is 0 Å². The van der Waals surface area contributed by atoms with Gasteiger partial charge in [-0.15, -0.1) is 5.10 Å². The van der Waals surface area contributed by atoms with Crippen LogP contribution in [0.4, 0.5) is 4.79 Å². The first-order valence-corrected chi connectivity index (χ1v) is 8.81. The Balaban J connectivity index is 1.58. The van der Waals surface area contributed by atoms with Gasteiger partial charge in [-0.05, 0) is 63.4 Å². The lowest BCUT2D eigenvalue weighted by molar-refractivity contribution is 0.0131. The van der Waals surface area contributed by atoms with Crippen molar-refractivity contribution < 1.29 is 9.53 Å². The van der Waals surface area contributed by atoms with Gasteiger partial charge in [0.15, 0.2) is 5.82 Å². The van der Waals surface area contributed by atoms with Gasteiger partial charge in [0.1, 0.15) is 5.60 Å². The fraction of sp³-hybridized carbons (Fsp3) is 0.875. The standard InChI is InChI=1S/C16H28N6O2/c1-16(2,3)24-15(23)21-10-7-12(8-11-21)22-9-5-6-13(22)14-17-18-19-20(14)4/h12-13H,5-11H2,1-4H3. The minimum absolute atomic E-state index is 0.198. The zero-order chi connectivity index (χ0) is 17.3. The lowest BCUT2D eigenvalue weighted by atomic mass is 10.0. The summed E-state index contributed by atoms with van der Waals surface area (Å²) in [4.78, 5) is 16.6. The van der Waals surface area contributed by atoms with Gasteiger partial charge in [0.05, 0.1) is 6.04 Å². The zero-order valence-electron chi connectivity index (χ0n) is 15.1. The highest BCUT2D eigenvalue weighted by Crippen LogP contribution is 2.34. The number of rotatable bonds is 2. The second-order valence-corrected chi connectivity index (χ2v) is 7.76. The number of carbonyl (C=O) groups is 1. The second-order valence-electron chi connectivity index (χ2n) is 7.76. The summed E-state index contributed by atoms with van der Waals surface area (Å²) < 4.78 is 7.25. The van der Waals surface area contributed by atoms with Crippen molar-refractivity contribution in [1.29, 1.82) is 0 Å². The molecule has 0 bridgehead atoms. The van der Waals surface area contributed by atoms with Crippen LogP contribution in [0.15, 0.2) is 0 Å². The molecule has 0 aliphatic carbocycles. The molecule has 1 aromatic rings. The molecule has 0 saturated carbocycles. The highest BCUT2D eigenvalue weighted by Gasteiger charge is 2.37. The molecule has 1 atom stereocenters. The molecular formula is C16H28N6O2. The number of nitrogens with zero attached hydrogens (tertiary/aromatic N) is 6. The largest absolute Gasteiger partial charge is 0.444 e. The van der Waals surface area contributed by atoms with Crippen LogP contribution in [0.2, 0.25) is 0 Å². The number of aryl methyl sites for hydroxylation is 1. The van der Waals surface area contributed by atoms with Gasteiger partial charge in [-0.2, -0.15) is 0 Å². The molecule has 3 heterocycles. The average Bonchev–Trinajstić information content (AvgIpc) is 3.14. The van der Waals surface area contributed by atoms with E-state index in [4.69, 9.17) is 4.74 Å². The van der Waals surface area contributed by atoms with E-state index in [0.29, 0.717) is 12.1 Å². The molecule has 0 radical (unpaired) electrons. The van der Waals surface area contributed by atoms with Crippen molar-refractivity contribution in [3.63, 3.8) is 0 Å². The molecule has 1 unspecified atom stereocenters. The van der Waals surface area contributed by atoms with Crippen LogP contribution in [-0.4, -0.2) is 67.4 Å². The molecule has 8 heteroatoms. The van der Waals surface area contributed by atoms with Crippen LogP contribution >= 0.6 is 0 Å². The average molecular weight is 336 g/mol. The smallest absolute Gasteiger partial charge is 0.410 e. The number of piperidine rings is 1. The summed E-state index contributed by atoms with van der Waals surface area (Å²) in [5.41, 5.74) is -0.438. The molecule has 1 aromatic heterocycles. The van der Waals surface area contributed by atoms with Crippen molar-refractivity contribution in [2.75, 3.05) is 19.6 Å². The molecule has 1 amide bonds. The van der Waals surface area contributed by atoms with Crippen LogP contribution in [0, 0.1) is 0 Å². The number of carbonyl (C=O) groups excluding carboxylic acids is 1. The Morgan fingerprint density at radius 1 is 1.17 bits per heavy atom. The first-order valence-electron chi connectivity index (χ1n) is 8.81. The molecule has 0 aromatic carbocycles. The van der Waals surface area contributed by atoms with Gasteiger partial charge in [0, 0.05) is 26.2 Å². The normalized spacial score (nSPS) is 23.7. The summed E-state index contributed by atoms with van der Waals surface area (Å²) in [5.74, 6) is 0.946. The predicted molar refractivity (Wildman–Crippen MR) is 88.3 cm³/mol. The third kappa shape index (κ3) is 3.68. The van der Waals surface area contributed by atoms with Crippen LogP contribution in [-0.2, 0) is 11.8 Å². The van der Waals surface area contributed by atoms with Gasteiger partial charge in [-0.1, -0.05) is 0 Å². The Hall–Kier alpha value is -1.70. The monoisotopic (exact) mass is 336 g/mol. The lowest BCUT2D eigenvalue weighted by Gasteiger charge is -2.39. The minimum atomic E-state index is -0.438. The number of aromatic nitrogens is 4. The first kappa shape index (κ1) is 17.1. The van der Waals surface area contributed by atoms with E-state index in [1.165, 1.54) is 6.42 Å².